The van der Waals surface area contributed by atoms with Crippen molar-refractivity contribution in [1.29, 1.82) is 0 Å². The van der Waals surface area contributed by atoms with Crippen molar-refractivity contribution in [2.45, 2.75) is 20.3 Å². The zero-order valence-electron chi connectivity index (χ0n) is 15.3. The molecule has 2 atom stereocenters. The molecule has 27 heavy (non-hydrogen) atoms. The summed E-state index contributed by atoms with van der Waals surface area (Å²) in [5, 5.41) is 5.63. The second kappa shape index (κ2) is 8.03. The van der Waals surface area contributed by atoms with Crippen molar-refractivity contribution >= 4 is 29.2 Å². The minimum absolute atomic E-state index is 0.164. The third-order valence-corrected chi connectivity index (χ3v) is 4.55. The lowest BCUT2D eigenvalue weighted by Crippen LogP contribution is -2.22. The van der Waals surface area contributed by atoms with E-state index in [1.165, 1.54) is 0 Å². The Bertz CT molecular complexity index is 878. The van der Waals surface area contributed by atoms with Gasteiger partial charge in [0, 0.05) is 5.69 Å². The highest BCUT2D eigenvalue weighted by molar-refractivity contribution is 6.06. The molecule has 1 saturated carbocycles. The molecule has 1 aliphatic carbocycles. The first-order chi connectivity index (χ1) is 13.0. The molecule has 1 fully saturated rings. The highest BCUT2D eigenvalue weighted by atomic mass is 16.5. The molecule has 0 aromatic heterocycles. The summed E-state index contributed by atoms with van der Waals surface area (Å²) in [6.07, 6.45) is 0.491. The number of hydrogen-bond acceptors (Lipinski definition) is 4. The Labute approximate surface area is 157 Å². The lowest BCUT2D eigenvalue weighted by atomic mass is 10.1. The van der Waals surface area contributed by atoms with Crippen molar-refractivity contribution in [3.8, 4) is 0 Å². The molecule has 2 aromatic carbocycles. The molecule has 2 aromatic rings. The van der Waals surface area contributed by atoms with Crippen LogP contribution in [0.2, 0.25) is 0 Å². The van der Waals surface area contributed by atoms with Crippen LogP contribution in [0.5, 0.6) is 0 Å². The summed E-state index contributed by atoms with van der Waals surface area (Å²) in [5.74, 6) is -1.68. The number of esters is 1. The average molecular weight is 366 g/mol. The van der Waals surface area contributed by atoms with E-state index >= 15 is 0 Å². The van der Waals surface area contributed by atoms with E-state index in [9.17, 15) is 14.4 Å². The van der Waals surface area contributed by atoms with Gasteiger partial charge in [0.2, 0.25) is 11.8 Å². The predicted octanol–water partition coefficient (Wildman–Crippen LogP) is 3.39. The number of nitrogens with one attached hydrogen (secondary N) is 2. The average Bonchev–Trinajstić information content (AvgIpc) is 3.45. The van der Waals surface area contributed by atoms with Crippen molar-refractivity contribution in [1.82, 2.24) is 0 Å². The predicted molar refractivity (Wildman–Crippen MR) is 102 cm³/mol. The van der Waals surface area contributed by atoms with Gasteiger partial charge in [0.05, 0.1) is 29.7 Å². The zero-order valence-corrected chi connectivity index (χ0v) is 15.3. The Morgan fingerprint density at radius 1 is 0.926 bits per heavy atom. The molecule has 2 N–H and O–H groups in total. The summed E-state index contributed by atoms with van der Waals surface area (Å²) in [5.41, 5.74) is 2.41. The van der Waals surface area contributed by atoms with Crippen LogP contribution in [-0.4, -0.2) is 24.4 Å². The molecule has 140 valence electrons. The van der Waals surface area contributed by atoms with Crippen molar-refractivity contribution < 1.29 is 19.1 Å². The fraction of sp³-hybridized carbons (Fsp3) is 0.286. The first-order valence-electron chi connectivity index (χ1n) is 8.94. The van der Waals surface area contributed by atoms with E-state index < -0.39 is 11.9 Å². The van der Waals surface area contributed by atoms with Crippen molar-refractivity contribution in [3.05, 3.63) is 59.7 Å². The molecular weight excluding hydrogens is 344 g/mol. The minimum atomic E-state index is -0.488. The highest BCUT2D eigenvalue weighted by Gasteiger charge is 2.48. The molecule has 0 spiro atoms. The quantitative estimate of drug-likeness (QED) is 0.768. The van der Waals surface area contributed by atoms with Crippen LogP contribution < -0.4 is 10.6 Å². The molecule has 1 aliphatic rings. The van der Waals surface area contributed by atoms with Gasteiger partial charge in [0.1, 0.15) is 0 Å². The van der Waals surface area contributed by atoms with E-state index in [2.05, 4.69) is 10.6 Å². The number of amides is 2. The molecule has 3 rings (SSSR count). The molecule has 0 radical (unpaired) electrons. The summed E-state index contributed by atoms with van der Waals surface area (Å²) in [6, 6.07) is 14.2. The number of para-hydroxylation sites is 2. The van der Waals surface area contributed by atoms with Gasteiger partial charge < -0.3 is 15.4 Å². The Hall–Kier alpha value is -3.15. The number of hydrogen-bond donors (Lipinski definition) is 2. The van der Waals surface area contributed by atoms with Gasteiger partial charge in [-0.2, -0.15) is 0 Å². The number of anilines is 2. The number of carbonyl (C=O) groups is 3. The van der Waals surface area contributed by atoms with Crippen LogP contribution in [0.4, 0.5) is 11.4 Å². The van der Waals surface area contributed by atoms with Gasteiger partial charge in [-0.3, -0.25) is 9.59 Å². The minimum Gasteiger partial charge on any atom is -0.462 e. The van der Waals surface area contributed by atoms with Crippen molar-refractivity contribution in [3.63, 3.8) is 0 Å². The number of benzene rings is 2. The molecular formula is C21H22N2O4. The largest absolute Gasteiger partial charge is 0.462 e. The summed E-state index contributed by atoms with van der Waals surface area (Å²) in [6.45, 7) is 3.89. The van der Waals surface area contributed by atoms with Crippen LogP contribution >= 0.6 is 0 Å². The fourth-order valence-electron chi connectivity index (χ4n) is 2.92. The number of rotatable bonds is 6. The van der Waals surface area contributed by atoms with Gasteiger partial charge in [0.25, 0.3) is 0 Å². The third-order valence-electron chi connectivity index (χ3n) is 4.55. The van der Waals surface area contributed by atoms with Gasteiger partial charge in [0.15, 0.2) is 0 Å². The normalized spacial score (nSPS) is 17.7. The molecule has 0 saturated heterocycles. The second-order valence-corrected chi connectivity index (χ2v) is 6.51. The van der Waals surface area contributed by atoms with E-state index in [4.69, 9.17) is 4.74 Å². The first-order valence-corrected chi connectivity index (χ1v) is 8.94. The molecule has 0 aliphatic heterocycles. The maximum absolute atomic E-state index is 12.5. The molecule has 0 heterocycles. The van der Waals surface area contributed by atoms with Crippen LogP contribution in [0.3, 0.4) is 0 Å². The molecule has 2 amide bonds. The van der Waals surface area contributed by atoms with Crippen molar-refractivity contribution in [2.75, 3.05) is 17.2 Å². The maximum Gasteiger partial charge on any atom is 0.340 e. The van der Waals surface area contributed by atoms with E-state index in [0.717, 1.165) is 11.3 Å². The SMILES string of the molecule is CCOC(=O)c1ccccc1NC(=O)C1CC1C(=O)Nc1ccccc1C. The van der Waals surface area contributed by atoms with Crippen LogP contribution in [0.15, 0.2) is 48.5 Å². The molecule has 6 nitrogen and oxygen atoms in total. The zero-order chi connectivity index (χ0) is 19.4. The molecule has 6 heteroatoms. The lowest BCUT2D eigenvalue weighted by molar-refractivity contribution is -0.122. The number of ether oxygens (including phenoxy) is 1. The monoisotopic (exact) mass is 366 g/mol. The Morgan fingerprint density at radius 2 is 1.48 bits per heavy atom. The first kappa shape index (κ1) is 18.6. The number of carbonyl (C=O) groups excluding carboxylic acids is 3. The van der Waals surface area contributed by atoms with Crippen molar-refractivity contribution in [2.24, 2.45) is 11.8 Å². The Balaban J connectivity index is 1.62. The van der Waals surface area contributed by atoms with Gasteiger partial charge in [-0.25, -0.2) is 4.79 Å². The van der Waals surface area contributed by atoms with E-state index in [0.29, 0.717) is 17.7 Å². The van der Waals surface area contributed by atoms with Crippen LogP contribution in [0.1, 0.15) is 29.3 Å². The molecule has 2 unspecified atom stereocenters. The van der Waals surface area contributed by atoms with E-state index in [1.807, 2.05) is 31.2 Å². The summed E-state index contributed by atoms with van der Waals surface area (Å²) in [4.78, 5) is 36.9. The smallest absolute Gasteiger partial charge is 0.340 e. The second-order valence-electron chi connectivity index (χ2n) is 6.51. The topological polar surface area (TPSA) is 84.5 Å². The van der Waals surface area contributed by atoms with Crippen LogP contribution in [0.25, 0.3) is 0 Å². The Morgan fingerprint density at radius 3 is 2.11 bits per heavy atom. The lowest BCUT2D eigenvalue weighted by Gasteiger charge is -2.10. The Kier molecular flexibility index (Phi) is 5.54. The van der Waals surface area contributed by atoms with Crippen LogP contribution in [-0.2, 0) is 14.3 Å². The maximum atomic E-state index is 12.5. The number of aryl methyl sites for hydroxylation is 1. The summed E-state index contributed by atoms with van der Waals surface area (Å²) < 4.78 is 5.01. The van der Waals surface area contributed by atoms with Crippen LogP contribution in [0, 0.1) is 18.8 Å². The fourth-order valence-corrected chi connectivity index (χ4v) is 2.92. The summed E-state index contributed by atoms with van der Waals surface area (Å²) in [7, 11) is 0. The molecule has 0 bridgehead atoms. The summed E-state index contributed by atoms with van der Waals surface area (Å²) >= 11 is 0. The highest BCUT2D eigenvalue weighted by Crippen LogP contribution is 2.40. The van der Waals surface area contributed by atoms with E-state index in [1.54, 1.807) is 31.2 Å². The van der Waals surface area contributed by atoms with Gasteiger partial charge in [-0.1, -0.05) is 30.3 Å². The third kappa shape index (κ3) is 4.34. The van der Waals surface area contributed by atoms with Gasteiger partial charge >= 0.3 is 5.97 Å². The van der Waals surface area contributed by atoms with Gasteiger partial charge in [-0.15, -0.1) is 0 Å². The van der Waals surface area contributed by atoms with Gasteiger partial charge in [-0.05, 0) is 44.0 Å². The standard InChI is InChI=1S/C21H22N2O4/c1-3-27-21(26)14-9-5-7-11-18(14)23-20(25)16-12-15(16)19(24)22-17-10-6-4-8-13(17)2/h4-11,15-16H,3,12H2,1-2H3,(H,22,24)(H,23,25). The van der Waals surface area contributed by atoms with E-state index in [-0.39, 0.29) is 24.3 Å².